The number of esters is 1. The maximum absolute atomic E-state index is 11.1. The molecular weight excluding hydrogens is 200 g/mol. The molecule has 0 rings (SSSR count). The zero-order valence-electron chi connectivity index (χ0n) is 9.28. The van der Waals surface area contributed by atoms with Gasteiger partial charge in [0.15, 0.2) is 0 Å². The first kappa shape index (κ1) is 13.7. The van der Waals surface area contributed by atoms with Crippen LogP contribution >= 0.6 is 0 Å². The van der Waals surface area contributed by atoms with Crippen LogP contribution in [0.4, 0.5) is 4.79 Å². The van der Waals surface area contributed by atoms with Crippen LogP contribution in [-0.2, 0) is 14.3 Å². The quantitative estimate of drug-likeness (QED) is 0.627. The number of carbonyl (C=O) groups is 2. The molecule has 0 aliphatic carbocycles. The van der Waals surface area contributed by atoms with Gasteiger partial charge >= 0.3 is 12.1 Å². The number of carbonyl (C=O) groups excluding carboxylic acids is 2. The van der Waals surface area contributed by atoms with Crippen molar-refractivity contribution in [2.45, 2.75) is 19.9 Å². The van der Waals surface area contributed by atoms with Crippen LogP contribution in [0.5, 0.6) is 0 Å². The molecule has 0 radical (unpaired) electrons. The van der Waals surface area contributed by atoms with Gasteiger partial charge in [-0.25, -0.2) is 9.59 Å². The van der Waals surface area contributed by atoms with Gasteiger partial charge in [0, 0.05) is 6.54 Å². The Morgan fingerprint density at radius 3 is 2.40 bits per heavy atom. The standard InChI is InChI=1S/C9H18N2O4/c1-6(2)5-15-9(13)11-7(4-10)8(12)14-3/h6-7H,4-5,10H2,1-3H3,(H,11,13)/t7-/m0/s1. The van der Waals surface area contributed by atoms with Gasteiger partial charge in [-0.05, 0) is 5.92 Å². The summed E-state index contributed by atoms with van der Waals surface area (Å²) in [5.41, 5.74) is 5.28. The Morgan fingerprint density at radius 1 is 1.40 bits per heavy atom. The van der Waals surface area contributed by atoms with Crippen LogP contribution in [0.3, 0.4) is 0 Å². The lowest BCUT2D eigenvalue weighted by Gasteiger charge is -2.14. The molecule has 15 heavy (non-hydrogen) atoms. The van der Waals surface area contributed by atoms with E-state index in [0.29, 0.717) is 6.61 Å². The van der Waals surface area contributed by atoms with Gasteiger partial charge in [-0.3, -0.25) is 0 Å². The zero-order chi connectivity index (χ0) is 11.8. The second-order valence-electron chi connectivity index (χ2n) is 3.45. The average Bonchev–Trinajstić information content (AvgIpc) is 2.21. The molecule has 0 fully saturated rings. The van der Waals surface area contributed by atoms with E-state index in [9.17, 15) is 9.59 Å². The van der Waals surface area contributed by atoms with Crippen molar-refractivity contribution in [1.82, 2.24) is 5.32 Å². The van der Waals surface area contributed by atoms with Crippen molar-refractivity contribution in [2.24, 2.45) is 11.7 Å². The molecule has 1 atom stereocenters. The number of alkyl carbamates (subject to hydrolysis) is 1. The lowest BCUT2D eigenvalue weighted by molar-refractivity contribution is -0.142. The van der Waals surface area contributed by atoms with E-state index < -0.39 is 18.1 Å². The summed E-state index contributed by atoms with van der Waals surface area (Å²) >= 11 is 0. The molecule has 1 amide bonds. The maximum atomic E-state index is 11.1. The number of nitrogens with two attached hydrogens (primary N) is 1. The summed E-state index contributed by atoms with van der Waals surface area (Å²) < 4.78 is 9.26. The van der Waals surface area contributed by atoms with Crippen LogP contribution < -0.4 is 11.1 Å². The molecule has 3 N–H and O–H groups in total. The van der Waals surface area contributed by atoms with Crippen molar-refractivity contribution < 1.29 is 19.1 Å². The average molecular weight is 218 g/mol. The van der Waals surface area contributed by atoms with Crippen LogP contribution in [0.1, 0.15) is 13.8 Å². The molecule has 0 bridgehead atoms. The second-order valence-corrected chi connectivity index (χ2v) is 3.45. The van der Waals surface area contributed by atoms with Crippen LogP contribution in [0.25, 0.3) is 0 Å². The summed E-state index contributed by atoms with van der Waals surface area (Å²) in [6.45, 7) is 4.09. The Labute approximate surface area is 89.1 Å². The van der Waals surface area contributed by atoms with E-state index in [2.05, 4.69) is 10.1 Å². The molecule has 0 aromatic rings. The largest absolute Gasteiger partial charge is 0.467 e. The first-order valence-corrected chi connectivity index (χ1v) is 4.72. The third-order valence-electron chi connectivity index (χ3n) is 1.56. The van der Waals surface area contributed by atoms with Crippen molar-refractivity contribution in [3.05, 3.63) is 0 Å². The lowest BCUT2D eigenvalue weighted by atomic mass is 10.2. The Bertz CT molecular complexity index is 218. The second kappa shape index (κ2) is 7.05. The number of amides is 1. The fourth-order valence-electron chi connectivity index (χ4n) is 0.783. The molecule has 0 aliphatic rings. The fourth-order valence-corrected chi connectivity index (χ4v) is 0.783. The van der Waals surface area contributed by atoms with Crippen LogP contribution in [0, 0.1) is 5.92 Å². The number of rotatable bonds is 5. The third-order valence-corrected chi connectivity index (χ3v) is 1.56. The Morgan fingerprint density at radius 2 is 2.00 bits per heavy atom. The molecule has 0 heterocycles. The molecule has 0 saturated carbocycles. The summed E-state index contributed by atoms with van der Waals surface area (Å²) in [6.07, 6.45) is -0.662. The fraction of sp³-hybridized carbons (Fsp3) is 0.778. The van der Waals surface area contributed by atoms with Crippen LogP contribution in [0.15, 0.2) is 0 Å². The van der Waals surface area contributed by atoms with E-state index in [1.54, 1.807) is 0 Å². The zero-order valence-corrected chi connectivity index (χ0v) is 9.28. The van der Waals surface area contributed by atoms with Gasteiger partial charge < -0.3 is 20.5 Å². The minimum atomic E-state index is -0.852. The monoisotopic (exact) mass is 218 g/mol. The Balaban J connectivity index is 3.96. The lowest BCUT2D eigenvalue weighted by Crippen LogP contribution is -2.46. The minimum Gasteiger partial charge on any atom is -0.467 e. The molecular formula is C9H18N2O4. The van der Waals surface area contributed by atoms with E-state index in [1.807, 2.05) is 13.8 Å². The highest BCUT2D eigenvalue weighted by Gasteiger charge is 2.20. The van der Waals surface area contributed by atoms with Crippen molar-refractivity contribution in [1.29, 1.82) is 0 Å². The highest BCUT2D eigenvalue weighted by atomic mass is 16.6. The molecule has 6 heteroatoms. The third kappa shape index (κ3) is 5.90. The van der Waals surface area contributed by atoms with Gasteiger partial charge in [0.2, 0.25) is 0 Å². The van der Waals surface area contributed by atoms with Crippen LogP contribution in [-0.4, -0.2) is 38.4 Å². The minimum absolute atomic E-state index is 0.0244. The van der Waals surface area contributed by atoms with E-state index in [0.717, 1.165) is 0 Å². The molecule has 0 unspecified atom stereocenters. The van der Waals surface area contributed by atoms with Gasteiger partial charge in [0.05, 0.1) is 13.7 Å². The highest BCUT2D eigenvalue weighted by molar-refractivity contribution is 5.81. The first-order chi connectivity index (χ1) is 7.01. The molecule has 6 nitrogen and oxygen atoms in total. The van der Waals surface area contributed by atoms with Gasteiger partial charge in [-0.15, -0.1) is 0 Å². The SMILES string of the molecule is COC(=O)[C@H](CN)NC(=O)OCC(C)C. The predicted molar refractivity (Wildman–Crippen MR) is 54.2 cm³/mol. The highest BCUT2D eigenvalue weighted by Crippen LogP contribution is 1.94. The van der Waals surface area contributed by atoms with Gasteiger partial charge in [0.25, 0.3) is 0 Å². The van der Waals surface area contributed by atoms with Crippen LogP contribution in [0.2, 0.25) is 0 Å². The van der Waals surface area contributed by atoms with E-state index in [-0.39, 0.29) is 12.5 Å². The van der Waals surface area contributed by atoms with Gasteiger partial charge in [0.1, 0.15) is 6.04 Å². The summed E-state index contributed by atoms with van der Waals surface area (Å²) in [5, 5.41) is 2.31. The van der Waals surface area contributed by atoms with E-state index in [4.69, 9.17) is 10.5 Å². The number of methoxy groups -OCH3 is 1. The summed E-state index contributed by atoms with van der Waals surface area (Å²) in [7, 11) is 1.23. The molecule has 0 aromatic heterocycles. The van der Waals surface area contributed by atoms with Crippen molar-refractivity contribution in [3.8, 4) is 0 Å². The maximum Gasteiger partial charge on any atom is 0.407 e. The normalized spacial score (nSPS) is 12.1. The molecule has 0 spiro atoms. The predicted octanol–water partition coefficient (Wildman–Crippen LogP) is -0.131. The number of nitrogens with one attached hydrogen (secondary N) is 1. The number of hydrogen-bond acceptors (Lipinski definition) is 5. The smallest absolute Gasteiger partial charge is 0.407 e. The van der Waals surface area contributed by atoms with Crippen molar-refractivity contribution in [3.63, 3.8) is 0 Å². The number of hydrogen-bond donors (Lipinski definition) is 2. The summed E-state index contributed by atoms with van der Waals surface area (Å²) in [5.74, 6) is -0.343. The Kier molecular flexibility index (Phi) is 6.44. The topological polar surface area (TPSA) is 90.6 Å². The van der Waals surface area contributed by atoms with Crippen molar-refractivity contribution in [2.75, 3.05) is 20.3 Å². The van der Waals surface area contributed by atoms with E-state index >= 15 is 0 Å². The van der Waals surface area contributed by atoms with E-state index in [1.165, 1.54) is 7.11 Å². The Hall–Kier alpha value is -1.30. The van der Waals surface area contributed by atoms with Crippen molar-refractivity contribution >= 4 is 12.1 Å². The molecule has 0 saturated heterocycles. The molecule has 0 aromatic carbocycles. The van der Waals surface area contributed by atoms with Gasteiger partial charge in [-0.2, -0.15) is 0 Å². The van der Waals surface area contributed by atoms with Gasteiger partial charge in [-0.1, -0.05) is 13.8 Å². The first-order valence-electron chi connectivity index (χ1n) is 4.72. The summed E-state index contributed by atoms with van der Waals surface area (Å²) in [6, 6.07) is -0.852. The molecule has 0 aliphatic heterocycles. The molecule has 88 valence electrons. The summed E-state index contributed by atoms with van der Waals surface area (Å²) in [4.78, 5) is 22.2. The number of ether oxygens (including phenoxy) is 2.